The lowest BCUT2D eigenvalue weighted by Crippen LogP contribution is -1.79. The lowest BCUT2D eigenvalue weighted by Gasteiger charge is -1.97. The van der Waals surface area contributed by atoms with E-state index in [2.05, 4.69) is 38.0 Å². The van der Waals surface area contributed by atoms with Crippen molar-refractivity contribution in [2.45, 2.75) is 6.92 Å². The number of furan rings is 1. The molecule has 2 heterocycles. The Morgan fingerprint density at radius 2 is 1.89 bits per heavy atom. The first-order chi connectivity index (χ1) is 8.74. The van der Waals surface area contributed by atoms with Crippen molar-refractivity contribution in [3.05, 3.63) is 52.8 Å². The van der Waals surface area contributed by atoms with Gasteiger partial charge in [-0.05, 0) is 40.5 Å². The number of halogens is 1. The van der Waals surface area contributed by atoms with Crippen molar-refractivity contribution in [2.75, 3.05) is 0 Å². The topological polar surface area (TPSA) is 41.8 Å². The number of aromatic amines is 1. The van der Waals surface area contributed by atoms with Crippen molar-refractivity contribution in [3.8, 4) is 22.8 Å². The molecule has 0 aliphatic heterocycles. The van der Waals surface area contributed by atoms with Crippen molar-refractivity contribution in [1.29, 1.82) is 0 Å². The van der Waals surface area contributed by atoms with Gasteiger partial charge < -0.3 is 9.40 Å². The van der Waals surface area contributed by atoms with E-state index in [1.54, 1.807) is 0 Å². The Balaban J connectivity index is 2.06. The first-order valence-electron chi connectivity index (χ1n) is 5.62. The third-order valence-electron chi connectivity index (χ3n) is 2.75. The smallest absolute Gasteiger partial charge is 0.174 e. The predicted molar refractivity (Wildman–Crippen MR) is 74.2 cm³/mol. The highest BCUT2D eigenvalue weighted by Gasteiger charge is 2.12. The minimum atomic E-state index is 0.702. The van der Waals surface area contributed by atoms with Crippen molar-refractivity contribution in [1.82, 2.24) is 9.97 Å². The Kier molecular flexibility index (Phi) is 2.80. The normalized spacial score (nSPS) is 10.8. The van der Waals surface area contributed by atoms with E-state index in [0.717, 1.165) is 28.5 Å². The highest BCUT2D eigenvalue weighted by molar-refractivity contribution is 9.10. The van der Waals surface area contributed by atoms with Gasteiger partial charge in [0.25, 0.3) is 0 Å². The minimum Gasteiger partial charge on any atom is -0.446 e. The number of imidazole rings is 1. The van der Waals surface area contributed by atoms with Gasteiger partial charge in [-0.25, -0.2) is 4.98 Å². The van der Waals surface area contributed by atoms with E-state index < -0.39 is 0 Å². The molecule has 18 heavy (non-hydrogen) atoms. The molecule has 3 rings (SSSR count). The fraction of sp³-hybridized carbons (Fsp3) is 0.0714. The van der Waals surface area contributed by atoms with Crippen molar-refractivity contribution < 1.29 is 4.42 Å². The van der Waals surface area contributed by atoms with Gasteiger partial charge in [0.1, 0.15) is 0 Å². The number of aryl methyl sites for hydroxylation is 1. The number of rotatable bonds is 2. The predicted octanol–water partition coefficient (Wildman–Crippen LogP) is 4.41. The molecule has 0 aliphatic carbocycles. The second-order valence-electron chi connectivity index (χ2n) is 4.02. The summed E-state index contributed by atoms with van der Waals surface area (Å²) < 4.78 is 6.20. The van der Waals surface area contributed by atoms with E-state index in [0.29, 0.717) is 4.67 Å². The van der Waals surface area contributed by atoms with E-state index in [1.807, 2.05) is 37.3 Å². The Morgan fingerprint density at radius 1 is 1.11 bits per heavy atom. The molecule has 0 unspecified atom stereocenters. The van der Waals surface area contributed by atoms with E-state index in [1.165, 1.54) is 0 Å². The highest BCUT2D eigenvalue weighted by Crippen LogP contribution is 2.27. The molecule has 0 spiro atoms. The average molecular weight is 303 g/mol. The lowest BCUT2D eigenvalue weighted by atomic mass is 10.1. The van der Waals surface area contributed by atoms with Crippen molar-refractivity contribution >= 4 is 15.9 Å². The van der Waals surface area contributed by atoms with Gasteiger partial charge in [-0.1, -0.05) is 30.3 Å². The molecule has 1 N–H and O–H groups in total. The SMILES string of the molecule is Cc1nc(-c2ccc(Br)o2)[nH]c1-c1ccccc1. The lowest BCUT2D eigenvalue weighted by molar-refractivity contribution is 0.552. The molecule has 0 fully saturated rings. The van der Waals surface area contributed by atoms with Crippen LogP contribution in [0.15, 0.2) is 51.6 Å². The molecule has 0 aliphatic rings. The zero-order valence-corrected chi connectivity index (χ0v) is 11.4. The third-order valence-corrected chi connectivity index (χ3v) is 3.18. The van der Waals surface area contributed by atoms with E-state index in [4.69, 9.17) is 4.42 Å². The fourth-order valence-corrected chi connectivity index (χ4v) is 2.21. The summed E-state index contributed by atoms with van der Waals surface area (Å²) in [7, 11) is 0. The molecule has 0 bridgehead atoms. The molecule has 0 saturated heterocycles. The van der Waals surface area contributed by atoms with Gasteiger partial charge in [0.2, 0.25) is 0 Å². The van der Waals surface area contributed by atoms with Gasteiger partial charge in [-0.15, -0.1) is 0 Å². The number of H-pyrrole nitrogens is 1. The summed E-state index contributed by atoms with van der Waals surface area (Å²) in [4.78, 5) is 7.80. The van der Waals surface area contributed by atoms with Crippen LogP contribution in [-0.2, 0) is 0 Å². The molecule has 1 aromatic carbocycles. The van der Waals surface area contributed by atoms with Crippen LogP contribution in [0.2, 0.25) is 0 Å². The van der Waals surface area contributed by atoms with Gasteiger partial charge in [0, 0.05) is 0 Å². The van der Waals surface area contributed by atoms with Crippen LogP contribution in [0.4, 0.5) is 0 Å². The number of benzene rings is 1. The van der Waals surface area contributed by atoms with Gasteiger partial charge in [-0.2, -0.15) is 0 Å². The van der Waals surface area contributed by atoms with Crippen LogP contribution in [0.5, 0.6) is 0 Å². The number of hydrogen-bond acceptors (Lipinski definition) is 2. The van der Waals surface area contributed by atoms with Gasteiger partial charge in [0.05, 0.1) is 11.4 Å². The highest BCUT2D eigenvalue weighted by atomic mass is 79.9. The van der Waals surface area contributed by atoms with Crippen LogP contribution in [0, 0.1) is 6.92 Å². The van der Waals surface area contributed by atoms with Gasteiger partial charge >= 0.3 is 0 Å². The Morgan fingerprint density at radius 3 is 2.56 bits per heavy atom. The summed E-state index contributed by atoms with van der Waals surface area (Å²) in [5.41, 5.74) is 3.11. The van der Waals surface area contributed by atoms with E-state index >= 15 is 0 Å². The number of nitrogens with zero attached hydrogens (tertiary/aromatic N) is 1. The molecule has 0 radical (unpaired) electrons. The molecular weight excluding hydrogens is 292 g/mol. The Labute approximate surface area is 113 Å². The van der Waals surface area contributed by atoms with Crippen LogP contribution < -0.4 is 0 Å². The number of hydrogen-bond donors (Lipinski definition) is 1. The van der Waals surface area contributed by atoms with Crippen LogP contribution in [0.1, 0.15) is 5.69 Å². The van der Waals surface area contributed by atoms with E-state index in [-0.39, 0.29) is 0 Å². The summed E-state index contributed by atoms with van der Waals surface area (Å²) in [6.45, 7) is 1.99. The molecular formula is C14H11BrN2O. The van der Waals surface area contributed by atoms with Crippen LogP contribution in [0.25, 0.3) is 22.8 Å². The molecule has 4 heteroatoms. The van der Waals surface area contributed by atoms with Crippen molar-refractivity contribution in [3.63, 3.8) is 0 Å². The zero-order chi connectivity index (χ0) is 12.5. The molecule has 0 atom stereocenters. The monoisotopic (exact) mass is 302 g/mol. The standard InChI is InChI=1S/C14H11BrN2O/c1-9-13(10-5-3-2-4-6-10)17-14(16-9)11-7-8-12(15)18-11/h2-8H,1H3,(H,16,17). The van der Waals surface area contributed by atoms with E-state index in [9.17, 15) is 0 Å². The zero-order valence-electron chi connectivity index (χ0n) is 9.77. The van der Waals surface area contributed by atoms with Crippen LogP contribution >= 0.6 is 15.9 Å². The fourth-order valence-electron chi connectivity index (χ4n) is 1.90. The summed E-state index contributed by atoms with van der Waals surface area (Å²) in [5.74, 6) is 1.48. The summed E-state index contributed by atoms with van der Waals surface area (Å²) >= 11 is 3.29. The first kappa shape index (κ1) is 11.3. The molecule has 90 valence electrons. The Hall–Kier alpha value is -1.81. The third kappa shape index (κ3) is 1.99. The maximum absolute atomic E-state index is 5.50. The second-order valence-corrected chi connectivity index (χ2v) is 4.80. The number of aromatic nitrogens is 2. The summed E-state index contributed by atoms with van der Waals surface area (Å²) in [6.07, 6.45) is 0. The largest absolute Gasteiger partial charge is 0.446 e. The van der Waals surface area contributed by atoms with Gasteiger partial charge in [0.15, 0.2) is 16.3 Å². The maximum atomic E-state index is 5.50. The van der Waals surface area contributed by atoms with Crippen LogP contribution in [0.3, 0.4) is 0 Å². The van der Waals surface area contributed by atoms with Gasteiger partial charge in [-0.3, -0.25) is 0 Å². The average Bonchev–Trinajstić information content (AvgIpc) is 2.97. The molecule has 3 aromatic rings. The second kappa shape index (κ2) is 4.46. The maximum Gasteiger partial charge on any atom is 0.174 e. The van der Waals surface area contributed by atoms with Crippen LogP contribution in [-0.4, -0.2) is 9.97 Å². The summed E-state index contributed by atoms with van der Waals surface area (Å²) in [6, 6.07) is 13.9. The van der Waals surface area contributed by atoms with Crippen molar-refractivity contribution in [2.24, 2.45) is 0 Å². The Bertz CT molecular complexity index is 670. The molecule has 0 saturated carbocycles. The quantitative estimate of drug-likeness (QED) is 0.762. The number of nitrogens with one attached hydrogen (secondary N) is 1. The first-order valence-corrected chi connectivity index (χ1v) is 6.41. The minimum absolute atomic E-state index is 0.702. The molecule has 2 aromatic heterocycles. The summed E-state index contributed by atoms with van der Waals surface area (Å²) in [5, 5.41) is 0. The molecule has 3 nitrogen and oxygen atoms in total. The molecule has 0 amide bonds.